The van der Waals surface area contributed by atoms with Crippen LogP contribution in [0, 0.1) is 5.92 Å². The number of hydrogen-bond donors (Lipinski definition) is 2. The van der Waals surface area contributed by atoms with Gasteiger partial charge in [0.15, 0.2) is 0 Å². The van der Waals surface area contributed by atoms with E-state index in [1.54, 1.807) is 0 Å². The number of pyridine rings is 1. The third kappa shape index (κ3) is 1.76. The number of para-hydroxylation sites is 1. The van der Waals surface area contributed by atoms with Gasteiger partial charge in [0, 0.05) is 22.9 Å². The first kappa shape index (κ1) is 10.2. The highest BCUT2D eigenvalue weighted by atomic mass is 16.2. The Bertz CT molecular complexity index is 582. The molecule has 1 amide bonds. The zero-order valence-electron chi connectivity index (χ0n) is 9.26. The normalized spacial score (nSPS) is 22.4. The average Bonchev–Trinajstić information content (AvgIpc) is 3.17. The van der Waals surface area contributed by atoms with Crippen LogP contribution in [0.1, 0.15) is 18.0 Å². The number of nitrogens with zero attached hydrogens (tertiary/aromatic N) is 1. The number of amides is 1. The topological polar surface area (TPSA) is 68.0 Å². The van der Waals surface area contributed by atoms with Crippen LogP contribution in [0.2, 0.25) is 0 Å². The first-order valence-corrected chi connectivity index (χ1v) is 5.66. The summed E-state index contributed by atoms with van der Waals surface area (Å²) in [6.45, 7) is 0. The third-order valence-electron chi connectivity index (χ3n) is 3.27. The van der Waals surface area contributed by atoms with Gasteiger partial charge < -0.3 is 0 Å². The molecule has 1 fully saturated rings. The van der Waals surface area contributed by atoms with Crippen molar-refractivity contribution in [3.05, 3.63) is 42.1 Å². The third-order valence-corrected chi connectivity index (χ3v) is 3.27. The zero-order chi connectivity index (χ0) is 11.8. The molecule has 86 valence electrons. The van der Waals surface area contributed by atoms with Crippen molar-refractivity contribution >= 4 is 16.8 Å². The second kappa shape index (κ2) is 3.82. The molecule has 1 aromatic carbocycles. The second-order valence-electron chi connectivity index (χ2n) is 4.39. The van der Waals surface area contributed by atoms with Crippen molar-refractivity contribution in [3.8, 4) is 0 Å². The van der Waals surface area contributed by atoms with Gasteiger partial charge in [-0.1, -0.05) is 24.3 Å². The molecule has 2 atom stereocenters. The van der Waals surface area contributed by atoms with Crippen LogP contribution >= 0.6 is 0 Å². The van der Waals surface area contributed by atoms with Gasteiger partial charge in [0.1, 0.15) is 0 Å². The van der Waals surface area contributed by atoms with Gasteiger partial charge in [-0.05, 0) is 18.6 Å². The Labute approximate surface area is 98.8 Å². The quantitative estimate of drug-likeness (QED) is 0.462. The number of hydrogen-bond acceptors (Lipinski definition) is 3. The van der Waals surface area contributed by atoms with Gasteiger partial charge in [-0.25, -0.2) is 5.84 Å². The summed E-state index contributed by atoms with van der Waals surface area (Å²) < 4.78 is 0. The largest absolute Gasteiger partial charge is 0.294 e. The molecule has 2 aromatic rings. The van der Waals surface area contributed by atoms with Gasteiger partial charge in [0.25, 0.3) is 0 Å². The lowest BCUT2D eigenvalue weighted by Gasteiger charge is -2.02. The van der Waals surface area contributed by atoms with Crippen molar-refractivity contribution in [3.63, 3.8) is 0 Å². The van der Waals surface area contributed by atoms with Gasteiger partial charge in [-0.15, -0.1) is 0 Å². The first-order valence-electron chi connectivity index (χ1n) is 5.66. The molecule has 0 saturated heterocycles. The fourth-order valence-electron chi connectivity index (χ4n) is 2.21. The maximum absolute atomic E-state index is 11.4. The van der Waals surface area contributed by atoms with Crippen LogP contribution in [0.4, 0.5) is 0 Å². The van der Waals surface area contributed by atoms with Crippen LogP contribution in [-0.4, -0.2) is 10.9 Å². The summed E-state index contributed by atoms with van der Waals surface area (Å²) in [7, 11) is 0. The van der Waals surface area contributed by atoms with E-state index in [4.69, 9.17) is 5.84 Å². The van der Waals surface area contributed by atoms with Crippen molar-refractivity contribution in [2.24, 2.45) is 11.8 Å². The highest BCUT2D eigenvalue weighted by Gasteiger charge is 2.44. The minimum absolute atomic E-state index is 0.00587. The number of aromatic nitrogens is 1. The van der Waals surface area contributed by atoms with E-state index in [1.807, 2.05) is 36.4 Å². The maximum Gasteiger partial charge on any atom is 0.237 e. The van der Waals surface area contributed by atoms with Crippen LogP contribution in [0.3, 0.4) is 0 Å². The van der Waals surface area contributed by atoms with Crippen LogP contribution < -0.4 is 11.3 Å². The van der Waals surface area contributed by atoms with Gasteiger partial charge in [-0.3, -0.25) is 15.2 Å². The summed E-state index contributed by atoms with van der Waals surface area (Å²) in [4.78, 5) is 15.9. The van der Waals surface area contributed by atoms with Gasteiger partial charge in [0.2, 0.25) is 5.91 Å². The number of hydrazine groups is 1. The maximum atomic E-state index is 11.4. The van der Waals surface area contributed by atoms with Crippen molar-refractivity contribution in [1.29, 1.82) is 0 Å². The van der Waals surface area contributed by atoms with Crippen molar-refractivity contribution in [2.75, 3.05) is 0 Å². The molecule has 1 heterocycles. The number of rotatable bonds is 2. The Morgan fingerprint density at radius 1 is 1.29 bits per heavy atom. The van der Waals surface area contributed by atoms with E-state index < -0.39 is 0 Å². The Morgan fingerprint density at radius 2 is 2.12 bits per heavy atom. The molecule has 0 bridgehead atoms. The molecule has 1 aliphatic rings. The average molecular weight is 227 g/mol. The Hall–Kier alpha value is -1.94. The van der Waals surface area contributed by atoms with Crippen LogP contribution in [0.5, 0.6) is 0 Å². The zero-order valence-corrected chi connectivity index (χ0v) is 9.26. The van der Waals surface area contributed by atoms with Crippen LogP contribution in [-0.2, 0) is 4.79 Å². The summed E-state index contributed by atoms with van der Waals surface area (Å²) in [5, 5.41) is 1.12. The predicted molar refractivity (Wildman–Crippen MR) is 64.9 cm³/mol. The Kier molecular flexibility index (Phi) is 2.30. The molecular weight excluding hydrogens is 214 g/mol. The molecule has 0 radical (unpaired) electrons. The number of nitrogens with two attached hydrogens (primary N) is 1. The Balaban J connectivity index is 1.90. The number of fused-ring (bicyclic) bond motifs is 1. The molecule has 2 unspecified atom stereocenters. The minimum atomic E-state index is -0.0926. The molecule has 0 aliphatic heterocycles. The first-order chi connectivity index (χ1) is 8.29. The standard InChI is InChI=1S/C13H13N3O/c14-16-13(17)10-7-9(10)12-6-5-8-3-1-2-4-11(8)15-12/h1-6,9-10H,7,14H2,(H,16,17). The molecule has 3 rings (SSSR count). The lowest BCUT2D eigenvalue weighted by Crippen LogP contribution is -2.31. The number of benzene rings is 1. The SMILES string of the molecule is NNC(=O)C1CC1c1ccc2ccccc2n1. The second-order valence-corrected chi connectivity index (χ2v) is 4.39. The number of carbonyl (C=O) groups is 1. The van der Waals surface area contributed by atoms with E-state index in [1.165, 1.54) is 0 Å². The highest BCUT2D eigenvalue weighted by molar-refractivity contribution is 5.83. The molecule has 1 aromatic heterocycles. The van der Waals surface area contributed by atoms with E-state index in [0.29, 0.717) is 0 Å². The van der Waals surface area contributed by atoms with E-state index in [9.17, 15) is 4.79 Å². The number of carbonyl (C=O) groups excluding carboxylic acids is 1. The lowest BCUT2D eigenvalue weighted by atomic mass is 10.1. The molecule has 4 nitrogen and oxygen atoms in total. The van der Waals surface area contributed by atoms with E-state index in [2.05, 4.69) is 10.4 Å². The minimum Gasteiger partial charge on any atom is -0.294 e. The molecular formula is C13H13N3O. The summed E-state index contributed by atoms with van der Waals surface area (Å²) in [6.07, 6.45) is 0.842. The van der Waals surface area contributed by atoms with Gasteiger partial charge in [0.05, 0.1) is 5.52 Å². The predicted octanol–water partition coefficient (Wildman–Crippen LogP) is 1.33. The summed E-state index contributed by atoms with van der Waals surface area (Å²) >= 11 is 0. The fraction of sp³-hybridized carbons (Fsp3) is 0.231. The molecule has 1 aliphatic carbocycles. The van der Waals surface area contributed by atoms with Crippen LogP contribution in [0.25, 0.3) is 10.9 Å². The van der Waals surface area contributed by atoms with E-state index >= 15 is 0 Å². The van der Waals surface area contributed by atoms with E-state index in [0.717, 1.165) is 23.0 Å². The summed E-state index contributed by atoms with van der Waals surface area (Å²) in [6, 6.07) is 12.0. The molecule has 3 N–H and O–H groups in total. The molecule has 4 heteroatoms. The van der Waals surface area contributed by atoms with Crippen molar-refractivity contribution in [2.45, 2.75) is 12.3 Å². The number of nitrogens with one attached hydrogen (secondary N) is 1. The molecule has 0 spiro atoms. The van der Waals surface area contributed by atoms with Gasteiger partial charge in [-0.2, -0.15) is 0 Å². The lowest BCUT2D eigenvalue weighted by molar-refractivity contribution is -0.122. The molecule has 1 saturated carbocycles. The van der Waals surface area contributed by atoms with Crippen molar-refractivity contribution in [1.82, 2.24) is 10.4 Å². The monoisotopic (exact) mass is 227 g/mol. The fourth-order valence-corrected chi connectivity index (χ4v) is 2.21. The molecule has 17 heavy (non-hydrogen) atoms. The summed E-state index contributed by atoms with van der Waals surface area (Å²) in [5.41, 5.74) is 4.16. The Morgan fingerprint density at radius 3 is 2.94 bits per heavy atom. The van der Waals surface area contributed by atoms with E-state index in [-0.39, 0.29) is 17.7 Å². The van der Waals surface area contributed by atoms with Crippen LogP contribution in [0.15, 0.2) is 36.4 Å². The van der Waals surface area contributed by atoms with Gasteiger partial charge >= 0.3 is 0 Å². The van der Waals surface area contributed by atoms with Crippen molar-refractivity contribution < 1.29 is 4.79 Å². The highest BCUT2D eigenvalue weighted by Crippen LogP contribution is 2.46. The summed E-state index contributed by atoms with van der Waals surface area (Å²) in [5.74, 6) is 5.25. The smallest absolute Gasteiger partial charge is 0.237 e.